The van der Waals surface area contributed by atoms with Gasteiger partial charge in [0.15, 0.2) is 0 Å². The van der Waals surface area contributed by atoms with Crippen molar-refractivity contribution < 1.29 is 4.79 Å². The summed E-state index contributed by atoms with van der Waals surface area (Å²) in [5, 5.41) is 2.93. The van der Waals surface area contributed by atoms with Crippen molar-refractivity contribution in [2.75, 3.05) is 5.32 Å². The minimum Gasteiger partial charge on any atom is -0.325 e. The molecule has 0 saturated heterocycles. The molecule has 0 radical (unpaired) electrons. The Bertz CT molecular complexity index is 479. The Morgan fingerprint density at radius 2 is 2.00 bits per heavy atom. The van der Waals surface area contributed by atoms with E-state index >= 15 is 0 Å². The Morgan fingerprint density at radius 3 is 2.61 bits per heavy atom. The first-order valence-corrected chi connectivity index (χ1v) is 6.86. The first kappa shape index (κ1) is 13.4. The summed E-state index contributed by atoms with van der Waals surface area (Å²) in [6, 6.07) is 6.06. The minimum absolute atomic E-state index is 0.0156. The van der Waals surface area contributed by atoms with Gasteiger partial charge in [-0.2, -0.15) is 0 Å². The number of alkyl halides is 1. The zero-order valence-corrected chi connectivity index (χ0v) is 12.1. The smallest absolute Gasteiger partial charge is 0.234 e. The van der Waals surface area contributed by atoms with Crippen LogP contribution in [-0.4, -0.2) is 5.91 Å². The summed E-state index contributed by atoms with van der Waals surface area (Å²) in [5.74, 6) is 0.623. The number of fused-ring (bicyclic) bond motifs is 1. The van der Waals surface area contributed by atoms with E-state index in [9.17, 15) is 4.79 Å². The maximum Gasteiger partial charge on any atom is 0.234 e. The molecular formula is C15H20ClNO. The van der Waals surface area contributed by atoms with Crippen LogP contribution >= 0.6 is 11.6 Å². The number of halogens is 1. The molecule has 1 atom stereocenters. The molecule has 1 N–H and O–H groups in total. The Morgan fingerprint density at radius 1 is 1.33 bits per heavy atom. The lowest BCUT2D eigenvalue weighted by Crippen LogP contribution is -2.26. The van der Waals surface area contributed by atoms with E-state index in [2.05, 4.69) is 25.2 Å². The third kappa shape index (κ3) is 2.26. The van der Waals surface area contributed by atoms with Crippen LogP contribution in [0.5, 0.6) is 0 Å². The fourth-order valence-electron chi connectivity index (χ4n) is 2.33. The molecular weight excluding hydrogens is 246 g/mol. The molecule has 1 heterocycles. The van der Waals surface area contributed by atoms with Crippen LogP contribution in [0, 0.1) is 5.92 Å². The van der Waals surface area contributed by atoms with Gasteiger partial charge in [-0.15, -0.1) is 11.6 Å². The molecule has 0 aromatic heterocycles. The zero-order valence-electron chi connectivity index (χ0n) is 11.4. The Labute approximate surface area is 114 Å². The number of nitrogens with one attached hydrogen (secondary N) is 1. The first-order chi connectivity index (χ1) is 8.32. The van der Waals surface area contributed by atoms with Crippen LogP contribution in [0.2, 0.25) is 0 Å². The van der Waals surface area contributed by atoms with Crippen LogP contribution in [0.1, 0.15) is 50.6 Å². The molecule has 0 fully saturated rings. The molecule has 2 rings (SSSR count). The van der Waals surface area contributed by atoms with Crippen molar-refractivity contribution in [2.24, 2.45) is 5.92 Å². The highest BCUT2D eigenvalue weighted by atomic mass is 35.5. The summed E-state index contributed by atoms with van der Waals surface area (Å²) >= 11 is 6.43. The van der Waals surface area contributed by atoms with Gasteiger partial charge in [0, 0.05) is 5.69 Å². The largest absolute Gasteiger partial charge is 0.325 e. The molecule has 0 aliphatic carbocycles. The standard InChI is InChI=1S/C15H20ClNO/c1-9(2)7-12(16)10-5-6-13-11(8-10)15(3,4)14(18)17-13/h5-6,8-9,12H,7H2,1-4H3,(H,17,18). The molecule has 0 bridgehead atoms. The van der Waals surface area contributed by atoms with Crippen LogP contribution in [0.15, 0.2) is 18.2 Å². The molecule has 1 unspecified atom stereocenters. The maximum absolute atomic E-state index is 11.9. The molecule has 0 saturated carbocycles. The number of benzene rings is 1. The summed E-state index contributed by atoms with van der Waals surface area (Å²) in [6.07, 6.45) is 0.947. The second-order valence-electron chi connectivity index (χ2n) is 5.98. The number of carbonyl (C=O) groups excluding carboxylic acids is 1. The van der Waals surface area contributed by atoms with Gasteiger partial charge >= 0.3 is 0 Å². The number of anilines is 1. The van der Waals surface area contributed by atoms with Gasteiger partial charge in [-0.1, -0.05) is 26.0 Å². The van der Waals surface area contributed by atoms with Crippen molar-refractivity contribution in [3.8, 4) is 0 Å². The molecule has 2 nitrogen and oxygen atoms in total. The van der Waals surface area contributed by atoms with Crippen molar-refractivity contribution in [1.82, 2.24) is 0 Å². The van der Waals surface area contributed by atoms with Crippen molar-refractivity contribution in [3.63, 3.8) is 0 Å². The highest BCUT2D eigenvalue weighted by Gasteiger charge is 2.38. The monoisotopic (exact) mass is 265 g/mol. The fourth-order valence-corrected chi connectivity index (χ4v) is 2.83. The van der Waals surface area contributed by atoms with E-state index in [4.69, 9.17) is 11.6 Å². The summed E-state index contributed by atoms with van der Waals surface area (Å²) in [4.78, 5) is 11.9. The van der Waals surface area contributed by atoms with E-state index in [-0.39, 0.29) is 11.3 Å². The molecule has 0 spiro atoms. The quantitative estimate of drug-likeness (QED) is 0.814. The van der Waals surface area contributed by atoms with Crippen molar-refractivity contribution in [3.05, 3.63) is 29.3 Å². The molecule has 98 valence electrons. The van der Waals surface area contributed by atoms with Gasteiger partial charge in [-0.3, -0.25) is 4.79 Å². The second kappa shape index (κ2) is 4.58. The predicted octanol–water partition coefficient (Wildman–Crippen LogP) is 4.24. The lowest BCUT2D eigenvalue weighted by atomic mass is 9.85. The third-order valence-electron chi connectivity index (χ3n) is 3.57. The first-order valence-electron chi connectivity index (χ1n) is 6.42. The van der Waals surface area contributed by atoms with E-state index in [1.54, 1.807) is 0 Å². The van der Waals surface area contributed by atoms with E-state index < -0.39 is 5.41 Å². The van der Waals surface area contributed by atoms with Crippen LogP contribution < -0.4 is 5.32 Å². The number of hydrogen-bond donors (Lipinski definition) is 1. The summed E-state index contributed by atoms with van der Waals surface area (Å²) in [5.41, 5.74) is 2.62. The van der Waals surface area contributed by atoms with Gasteiger partial charge in [0.05, 0.1) is 10.8 Å². The van der Waals surface area contributed by atoms with Gasteiger partial charge in [0.2, 0.25) is 5.91 Å². The summed E-state index contributed by atoms with van der Waals surface area (Å²) < 4.78 is 0. The van der Waals surface area contributed by atoms with Crippen LogP contribution in [0.3, 0.4) is 0 Å². The van der Waals surface area contributed by atoms with Gasteiger partial charge in [0.25, 0.3) is 0 Å². The predicted molar refractivity (Wildman–Crippen MR) is 76.1 cm³/mol. The van der Waals surface area contributed by atoms with Gasteiger partial charge in [0.1, 0.15) is 0 Å². The lowest BCUT2D eigenvalue weighted by Gasteiger charge is -2.18. The van der Waals surface area contributed by atoms with Gasteiger partial charge in [-0.25, -0.2) is 0 Å². The van der Waals surface area contributed by atoms with Crippen LogP contribution in [-0.2, 0) is 10.2 Å². The normalized spacial score (nSPS) is 18.7. The average molecular weight is 266 g/mol. The third-order valence-corrected chi connectivity index (χ3v) is 4.00. The summed E-state index contributed by atoms with van der Waals surface area (Å²) in [7, 11) is 0. The fraction of sp³-hybridized carbons (Fsp3) is 0.533. The molecule has 1 amide bonds. The molecule has 1 aromatic carbocycles. The van der Waals surface area contributed by atoms with Gasteiger partial charge < -0.3 is 5.32 Å². The number of hydrogen-bond acceptors (Lipinski definition) is 1. The Hall–Kier alpha value is -1.02. The SMILES string of the molecule is CC(C)CC(Cl)c1ccc2c(c1)C(C)(C)C(=O)N2. The average Bonchev–Trinajstić information content (AvgIpc) is 2.49. The zero-order chi connectivity index (χ0) is 13.5. The van der Waals surface area contributed by atoms with Crippen LogP contribution in [0.4, 0.5) is 5.69 Å². The van der Waals surface area contributed by atoms with Crippen molar-refractivity contribution >= 4 is 23.2 Å². The summed E-state index contributed by atoms with van der Waals surface area (Å²) in [6.45, 7) is 8.22. The van der Waals surface area contributed by atoms with Crippen molar-refractivity contribution in [1.29, 1.82) is 0 Å². The molecule has 1 aliphatic rings. The van der Waals surface area contributed by atoms with E-state index in [0.717, 1.165) is 23.2 Å². The lowest BCUT2D eigenvalue weighted by molar-refractivity contribution is -0.119. The topological polar surface area (TPSA) is 29.1 Å². The second-order valence-corrected chi connectivity index (χ2v) is 6.51. The number of carbonyl (C=O) groups is 1. The maximum atomic E-state index is 11.9. The Kier molecular flexibility index (Phi) is 3.41. The number of rotatable bonds is 3. The number of amides is 1. The highest BCUT2D eigenvalue weighted by molar-refractivity contribution is 6.20. The Balaban J connectivity index is 2.34. The van der Waals surface area contributed by atoms with E-state index in [1.807, 2.05) is 26.0 Å². The van der Waals surface area contributed by atoms with Crippen LogP contribution in [0.25, 0.3) is 0 Å². The molecule has 18 heavy (non-hydrogen) atoms. The highest BCUT2D eigenvalue weighted by Crippen LogP contribution is 2.40. The van der Waals surface area contributed by atoms with Crippen molar-refractivity contribution in [2.45, 2.75) is 44.9 Å². The minimum atomic E-state index is -0.459. The van der Waals surface area contributed by atoms with E-state index in [1.165, 1.54) is 0 Å². The van der Waals surface area contributed by atoms with E-state index in [0.29, 0.717) is 5.92 Å². The molecule has 1 aliphatic heterocycles. The molecule has 1 aromatic rings. The van der Waals surface area contributed by atoms with Gasteiger partial charge in [-0.05, 0) is 43.4 Å². The molecule has 3 heteroatoms.